The van der Waals surface area contributed by atoms with E-state index in [4.69, 9.17) is 16.6 Å². The van der Waals surface area contributed by atoms with Gasteiger partial charge >= 0.3 is 0 Å². The average Bonchev–Trinajstić information content (AvgIpc) is 3.12. The van der Waals surface area contributed by atoms with Gasteiger partial charge in [-0.1, -0.05) is 29.8 Å². The number of nitrogens with zero attached hydrogens (tertiary/aromatic N) is 2. The lowest BCUT2D eigenvalue weighted by molar-refractivity contribution is 0.243. The van der Waals surface area contributed by atoms with Crippen LogP contribution >= 0.6 is 22.9 Å². The maximum Gasteiger partial charge on any atom is 0.255 e. The molecule has 1 aliphatic rings. The summed E-state index contributed by atoms with van der Waals surface area (Å²) in [6.07, 6.45) is 0.780. The summed E-state index contributed by atoms with van der Waals surface area (Å²) in [5.41, 5.74) is 3.83. The largest absolute Gasteiger partial charge is 0.306 e. The third-order valence-corrected chi connectivity index (χ3v) is 6.48. The van der Waals surface area contributed by atoms with Gasteiger partial charge in [0.2, 0.25) is 0 Å². The molecule has 3 heterocycles. The number of benzene rings is 2. The Labute approximate surface area is 171 Å². The smallest absolute Gasteiger partial charge is 0.255 e. The number of fused-ring (bicyclic) bond motifs is 2. The van der Waals surface area contributed by atoms with E-state index >= 15 is 0 Å². The third kappa shape index (κ3) is 3.26. The van der Waals surface area contributed by atoms with Crippen molar-refractivity contribution < 1.29 is 0 Å². The predicted octanol–water partition coefficient (Wildman–Crippen LogP) is 4.86. The van der Waals surface area contributed by atoms with Crippen LogP contribution in [0.4, 0.5) is 0 Å². The van der Waals surface area contributed by atoms with Gasteiger partial charge in [-0.05, 0) is 46.7 Å². The Bertz CT molecular complexity index is 1210. The predicted molar refractivity (Wildman–Crippen MR) is 115 cm³/mol. The van der Waals surface area contributed by atoms with E-state index in [0.717, 1.165) is 36.3 Å². The standard InChI is InChI=1S/C22H18ClN3OS/c23-16-7-5-14(6-8-16)21-24-19-9-10-26(12-18(19)22(27)25-21)11-15-13-28-20-4-2-1-3-17(15)20/h1-8,13H,9-12H2,(H,24,25,27). The van der Waals surface area contributed by atoms with Crippen LogP contribution in [0.2, 0.25) is 5.02 Å². The molecule has 0 radical (unpaired) electrons. The number of halogens is 1. The molecular formula is C22H18ClN3OS. The van der Waals surface area contributed by atoms with Crippen molar-refractivity contribution >= 4 is 33.0 Å². The van der Waals surface area contributed by atoms with Crippen LogP contribution in [-0.4, -0.2) is 21.4 Å². The summed E-state index contributed by atoms with van der Waals surface area (Å²) in [5, 5.41) is 4.20. The minimum Gasteiger partial charge on any atom is -0.306 e. The number of H-pyrrole nitrogens is 1. The molecular weight excluding hydrogens is 390 g/mol. The van der Waals surface area contributed by atoms with Gasteiger partial charge in [-0.15, -0.1) is 11.3 Å². The van der Waals surface area contributed by atoms with Crippen molar-refractivity contribution in [3.63, 3.8) is 0 Å². The van der Waals surface area contributed by atoms with Gasteiger partial charge in [-0.25, -0.2) is 4.98 Å². The monoisotopic (exact) mass is 407 g/mol. The Morgan fingerprint density at radius 3 is 2.82 bits per heavy atom. The fourth-order valence-electron chi connectivity index (χ4n) is 3.76. The van der Waals surface area contributed by atoms with Crippen LogP contribution in [0.3, 0.4) is 0 Å². The first-order valence-electron chi connectivity index (χ1n) is 9.23. The van der Waals surface area contributed by atoms with Gasteiger partial charge in [0, 0.05) is 41.3 Å². The van der Waals surface area contributed by atoms with Crippen LogP contribution in [0, 0.1) is 0 Å². The molecule has 6 heteroatoms. The van der Waals surface area contributed by atoms with E-state index in [9.17, 15) is 4.79 Å². The van der Waals surface area contributed by atoms with Crippen LogP contribution in [-0.2, 0) is 19.5 Å². The highest BCUT2D eigenvalue weighted by molar-refractivity contribution is 7.17. The lowest BCUT2D eigenvalue weighted by atomic mass is 10.1. The van der Waals surface area contributed by atoms with E-state index in [1.165, 1.54) is 15.6 Å². The molecule has 140 valence electrons. The maximum atomic E-state index is 12.7. The summed E-state index contributed by atoms with van der Waals surface area (Å²) < 4.78 is 1.31. The molecule has 28 heavy (non-hydrogen) atoms. The highest BCUT2D eigenvalue weighted by Gasteiger charge is 2.22. The molecule has 0 saturated carbocycles. The van der Waals surface area contributed by atoms with Crippen molar-refractivity contribution in [2.45, 2.75) is 19.5 Å². The van der Waals surface area contributed by atoms with Gasteiger partial charge in [-0.2, -0.15) is 0 Å². The SMILES string of the molecule is O=c1[nH]c(-c2ccc(Cl)cc2)nc2c1CN(Cc1csc3ccccc13)CC2. The summed E-state index contributed by atoms with van der Waals surface area (Å²) in [4.78, 5) is 22.7. The third-order valence-electron chi connectivity index (χ3n) is 5.22. The first-order valence-corrected chi connectivity index (χ1v) is 10.5. The zero-order valence-electron chi connectivity index (χ0n) is 15.1. The Morgan fingerprint density at radius 1 is 1.14 bits per heavy atom. The number of aromatic amines is 1. The van der Waals surface area contributed by atoms with Gasteiger partial charge in [0.1, 0.15) is 5.82 Å². The Morgan fingerprint density at radius 2 is 1.96 bits per heavy atom. The van der Waals surface area contributed by atoms with Gasteiger partial charge < -0.3 is 4.98 Å². The average molecular weight is 408 g/mol. The number of thiophene rings is 1. The number of rotatable bonds is 3. The molecule has 0 amide bonds. The van der Waals surface area contributed by atoms with Gasteiger partial charge in [-0.3, -0.25) is 9.69 Å². The zero-order valence-corrected chi connectivity index (χ0v) is 16.7. The number of nitrogens with one attached hydrogen (secondary N) is 1. The van der Waals surface area contributed by atoms with E-state index < -0.39 is 0 Å². The van der Waals surface area contributed by atoms with Crippen LogP contribution in [0.1, 0.15) is 16.8 Å². The fraction of sp³-hybridized carbons (Fsp3) is 0.182. The summed E-state index contributed by atoms with van der Waals surface area (Å²) in [6.45, 7) is 2.37. The van der Waals surface area contributed by atoms with Crippen molar-refractivity contribution in [3.8, 4) is 11.4 Å². The molecule has 2 aromatic carbocycles. The molecule has 5 rings (SSSR count). The number of aromatic nitrogens is 2. The molecule has 0 fully saturated rings. The lowest BCUT2D eigenvalue weighted by Gasteiger charge is -2.27. The molecule has 4 aromatic rings. The van der Waals surface area contributed by atoms with E-state index in [2.05, 4.69) is 39.5 Å². The molecule has 4 nitrogen and oxygen atoms in total. The Hall–Kier alpha value is -2.47. The summed E-state index contributed by atoms with van der Waals surface area (Å²) in [5.74, 6) is 0.609. The van der Waals surface area contributed by atoms with Crippen molar-refractivity contribution in [2.75, 3.05) is 6.54 Å². The normalized spacial score (nSPS) is 14.3. The van der Waals surface area contributed by atoms with Crippen LogP contribution in [0.5, 0.6) is 0 Å². The number of hydrogen-bond donors (Lipinski definition) is 1. The molecule has 0 atom stereocenters. The first-order chi connectivity index (χ1) is 13.7. The Balaban J connectivity index is 1.41. The quantitative estimate of drug-likeness (QED) is 0.527. The van der Waals surface area contributed by atoms with Crippen molar-refractivity contribution in [1.82, 2.24) is 14.9 Å². The van der Waals surface area contributed by atoms with Crippen LogP contribution in [0.25, 0.3) is 21.5 Å². The van der Waals surface area contributed by atoms with E-state index in [0.29, 0.717) is 17.4 Å². The Kier molecular flexibility index (Phi) is 4.51. The van der Waals surface area contributed by atoms with E-state index in [1.807, 2.05) is 24.3 Å². The second kappa shape index (κ2) is 7.17. The van der Waals surface area contributed by atoms with E-state index in [1.54, 1.807) is 11.3 Å². The minimum atomic E-state index is -0.0465. The topological polar surface area (TPSA) is 49.0 Å². The minimum absolute atomic E-state index is 0.0465. The van der Waals surface area contributed by atoms with Crippen LogP contribution in [0.15, 0.2) is 58.7 Å². The zero-order chi connectivity index (χ0) is 19.1. The van der Waals surface area contributed by atoms with Crippen LogP contribution < -0.4 is 5.56 Å². The molecule has 0 unspecified atom stereocenters. The summed E-state index contributed by atoms with van der Waals surface area (Å²) in [6, 6.07) is 15.9. The number of hydrogen-bond acceptors (Lipinski definition) is 4. The van der Waals surface area contributed by atoms with Crippen molar-refractivity contribution in [1.29, 1.82) is 0 Å². The maximum absolute atomic E-state index is 12.7. The highest BCUT2D eigenvalue weighted by Crippen LogP contribution is 2.28. The second-order valence-corrected chi connectivity index (χ2v) is 8.41. The van der Waals surface area contributed by atoms with Gasteiger partial charge in [0.15, 0.2) is 0 Å². The molecule has 1 aliphatic heterocycles. The lowest BCUT2D eigenvalue weighted by Crippen LogP contribution is -2.35. The summed E-state index contributed by atoms with van der Waals surface area (Å²) in [7, 11) is 0. The van der Waals surface area contributed by atoms with Crippen molar-refractivity contribution in [2.24, 2.45) is 0 Å². The van der Waals surface area contributed by atoms with Crippen molar-refractivity contribution in [3.05, 3.63) is 86.1 Å². The van der Waals surface area contributed by atoms with E-state index in [-0.39, 0.29) is 5.56 Å². The second-order valence-electron chi connectivity index (χ2n) is 7.06. The molecule has 0 saturated heterocycles. The first kappa shape index (κ1) is 17.6. The van der Waals surface area contributed by atoms with Gasteiger partial charge in [0.05, 0.1) is 11.3 Å². The molecule has 0 aliphatic carbocycles. The highest BCUT2D eigenvalue weighted by atomic mass is 35.5. The molecule has 2 aromatic heterocycles. The molecule has 0 spiro atoms. The molecule has 0 bridgehead atoms. The summed E-state index contributed by atoms with van der Waals surface area (Å²) >= 11 is 7.73. The van der Waals surface area contributed by atoms with Gasteiger partial charge in [0.25, 0.3) is 5.56 Å². The fourth-order valence-corrected chi connectivity index (χ4v) is 4.84. The molecule has 1 N–H and O–H groups in total.